The van der Waals surface area contributed by atoms with E-state index in [2.05, 4.69) is 55.2 Å². The molecule has 0 amide bonds. The van der Waals surface area contributed by atoms with Crippen LogP contribution in [0, 0.1) is 6.92 Å². The first-order chi connectivity index (χ1) is 7.20. The Morgan fingerprint density at radius 3 is 2.67 bits per heavy atom. The highest BCUT2D eigenvalue weighted by molar-refractivity contribution is 9.10. The first kappa shape index (κ1) is 10.9. The summed E-state index contributed by atoms with van der Waals surface area (Å²) in [5.74, 6) is 0. The normalized spacial score (nSPS) is 10.6. The molecular formula is C11H10Br2N2. The van der Waals surface area contributed by atoms with Crippen molar-refractivity contribution < 1.29 is 0 Å². The molecule has 0 aliphatic rings. The Labute approximate surface area is 106 Å². The third-order valence-corrected chi connectivity index (χ3v) is 3.42. The van der Waals surface area contributed by atoms with Crippen LogP contribution in [0.5, 0.6) is 0 Å². The maximum absolute atomic E-state index is 4.37. The molecule has 4 heteroatoms. The summed E-state index contributed by atoms with van der Waals surface area (Å²) < 4.78 is 2.93. The van der Waals surface area contributed by atoms with Crippen LogP contribution >= 0.6 is 31.9 Å². The largest absolute Gasteiger partial charge is 0.240 e. The van der Waals surface area contributed by atoms with E-state index in [-0.39, 0.29) is 0 Å². The summed E-state index contributed by atoms with van der Waals surface area (Å²) in [5, 5.41) is 5.24. The Bertz CT molecular complexity index is 477. The van der Waals surface area contributed by atoms with Gasteiger partial charge < -0.3 is 0 Å². The van der Waals surface area contributed by atoms with Crippen molar-refractivity contribution in [3.63, 3.8) is 0 Å². The first-order valence-corrected chi connectivity index (χ1v) is 6.49. The van der Waals surface area contributed by atoms with Gasteiger partial charge in [-0.25, -0.2) is 4.68 Å². The second-order valence-electron chi connectivity index (χ2n) is 3.32. The first-order valence-electron chi connectivity index (χ1n) is 4.58. The van der Waals surface area contributed by atoms with Gasteiger partial charge in [0.15, 0.2) is 0 Å². The lowest BCUT2D eigenvalue weighted by Crippen LogP contribution is -1.96. The van der Waals surface area contributed by atoms with Crippen LogP contribution in [0.3, 0.4) is 0 Å². The van der Waals surface area contributed by atoms with E-state index in [9.17, 15) is 0 Å². The summed E-state index contributed by atoms with van der Waals surface area (Å²) in [4.78, 5) is 0. The lowest BCUT2D eigenvalue weighted by Gasteiger charge is -2.05. The highest BCUT2D eigenvalue weighted by Crippen LogP contribution is 2.23. The van der Waals surface area contributed by atoms with Gasteiger partial charge in [-0.3, -0.25) is 0 Å². The van der Waals surface area contributed by atoms with E-state index in [1.54, 1.807) is 0 Å². The maximum Gasteiger partial charge on any atom is 0.0787 e. The molecule has 0 saturated carbocycles. The van der Waals surface area contributed by atoms with Gasteiger partial charge in [-0.15, -0.1) is 0 Å². The van der Waals surface area contributed by atoms with Crippen molar-refractivity contribution in [1.82, 2.24) is 9.78 Å². The fourth-order valence-corrected chi connectivity index (χ4v) is 2.33. The molecule has 1 aromatic carbocycles. The van der Waals surface area contributed by atoms with Crippen LogP contribution in [-0.2, 0) is 5.33 Å². The summed E-state index contributed by atoms with van der Waals surface area (Å²) in [6.45, 7) is 1.98. The standard InChI is InChI=1S/C11H10Br2N2/c1-8-4-5-15(14-8)11-3-2-9(7-12)6-10(11)13/h2-6H,7H2,1H3. The molecule has 15 heavy (non-hydrogen) atoms. The molecule has 0 saturated heterocycles. The Morgan fingerprint density at radius 1 is 1.33 bits per heavy atom. The molecular weight excluding hydrogens is 320 g/mol. The van der Waals surface area contributed by atoms with Gasteiger partial charge in [0.2, 0.25) is 0 Å². The molecule has 0 unspecified atom stereocenters. The van der Waals surface area contributed by atoms with Crippen molar-refractivity contribution in [2.75, 3.05) is 0 Å². The predicted molar refractivity (Wildman–Crippen MR) is 68.6 cm³/mol. The molecule has 0 N–H and O–H groups in total. The van der Waals surface area contributed by atoms with Gasteiger partial charge in [0, 0.05) is 16.0 Å². The van der Waals surface area contributed by atoms with E-state index in [1.165, 1.54) is 5.56 Å². The minimum atomic E-state index is 0.865. The highest BCUT2D eigenvalue weighted by Gasteiger charge is 2.04. The fraction of sp³-hybridized carbons (Fsp3) is 0.182. The van der Waals surface area contributed by atoms with Crippen LogP contribution in [0.15, 0.2) is 34.9 Å². The molecule has 0 aliphatic heterocycles. The third-order valence-electron chi connectivity index (χ3n) is 2.14. The van der Waals surface area contributed by atoms with Gasteiger partial charge in [-0.05, 0) is 46.6 Å². The molecule has 1 aromatic heterocycles. The van der Waals surface area contributed by atoms with Crippen molar-refractivity contribution in [3.05, 3.63) is 46.2 Å². The van der Waals surface area contributed by atoms with E-state index < -0.39 is 0 Å². The number of alkyl halides is 1. The van der Waals surface area contributed by atoms with Crippen molar-refractivity contribution in [3.8, 4) is 5.69 Å². The average molecular weight is 330 g/mol. The number of hydrogen-bond acceptors (Lipinski definition) is 1. The van der Waals surface area contributed by atoms with Crippen LogP contribution in [0.2, 0.25) is 0 Å². The topological polar surface area (TPSA) is 17.8 Å². The number of halogens is 2. The van der Waals surface area contributed by atoms with Crippen LogP contribution < -0.4 is 0 Å². The molecule has 0 bridgehead atoms. The summed E-state index contributed by atoms with van der Waals surface area (Å²) in [6, 6.07) is 8.24. The maximum atomic E-state index is 4.37. The van der Waals surface area contributed by atoms with Crippen LogP contribution in [0.25, 0.3) is 5.69 Å². The molecule has 2 aromatic rings. The van der Waals surface area contributed by atoms with Crippen molar-refractivity contribution in [1.29, 1.82) is 0 Å². The van der Waals surface area contributed by atoms with Gasteiger partial charge in [0.05, 0.1) is 11.4 Å². The Kier molecular flexibility index (Phi) is 3.26. The van der Waals surface area contributed by atoms with Crippen molar-refractivity contribution >= 4 is 31.9 Å². The zero-order valence-corrected chi connectivity index (χ0v) is 11.4. The molecule has 1 heterocycles. The minimum absolute atomic E-state index is 0.865. The summed E-state index contributed by atoms with van der Waals surface area (Å²) in [6.07, 6.45) is 1.96. The lowest BCUT2D eigenvalue weighted by molar-refractivity contribution is 0.858. The van der Waals surface area contributed by atoms with Gasteiger partial charge in [-0.2, -0.15) is 5.10 Å². The molecule has 0 radical (unpaired) electrons. The van der Waals surface area contributed by atoms with Crippen LogP contribution in [-0.4, -0.2) is 9.78 Å². The molecule has 0 aliphatic carbocycles. The number of nitrogens with zero attached hydrogens (tertiary/aromatic N) is 2. The smallest absolute Gasteiger partial charge is 0.0787 e. The molecule has 0 spiro atoms. The van der Waals surface area contributed by atoms with E-state index in [1.807, 2.05) is 23.9 Å². The SMILES string of the molecule is Cc1ccn(-c2ccc(CBr)cc2Br)n1. The molecule has 0 atom stereocenters. The van der Waals surface area contributed by atoms with E-state index >= 15 is 0 Å². The molecule has 78 valence electrons. The van der Waals surface area contributed by atoms with E-state index in [0.29, 0.717) is 0 Å². The number of aromatic nitrogens is 2. The van der Waals surface area contributed by atoms with Crippen molar-refractivity contribution in [2.45, 2.75) is 12.3 Å². The van der Waals surface area contributed by atoms with Gasteiger partial charge in [0.25, 0.3) is 0 Å². The average Bonchev–Trinajstić information content (AvgIpc) is 2.64. The Hall–Kier alpha value is -0.610. The van der Waals surface area contributed by atoms with Crippen molar-refractivity contribution in [2.24, 2.45) is 0 Å². The fourth-order valence-electron chi connectivity index (χ4n) is 1.37. The molecule has 2 rings (SSSR count). The van der Waals surface area contributed by atoms with Gasteiger partial charge in [-0.1, -0.05) is 22.0 Å². The zero-order valence-electron chi connectivity index (χ0n) is 8.24. The predicted octanol–water partition coefficient (Wildman–Crippen LogP) is 3.84. The number of benzene rings is 1. The Balaban J connectivity index is 2.45. The minimum Gasteiger partial charge on any atom is -0.240 e. The number of rotatable bonds is 2. The highest BCUT2D eigenvalue weighted by atomic mass is 79.9. The zero-order chi connectivity index (χ0) is 10.8. The lowest BCUT2D eigenvalue weighted by atomic mass is 10.2. The summed E-state index contributed by atoms with van der Waals surface area (Å²) >= 11 is 6.99. The summed E-state index contributed by atoms with van der Waals surface area (Å²) in [7, 11) is 0. The second kappa shape index (κ2) is 4.49. The molecule has 2 nitrogen and oxygen atoms in total. The second-order valence-corrected chi connectivity index (χ2v) is 4.74. The van der Waals surface area contributed by atoms with E-state index in [0.717, 1.165) is 21.2 Å². The van der Waals surface area contributed by atoms with E-state index in [4.69, 9.17) is 0 Å². The van der Waals surface area contributed by atoms with Crippen LogP contribution in [0.1, 0.15) is 11.3 Å². The third kappa shape index (κ3) is 2.32. The number of hydrogen-bond donors (Lipinski definition) is 0. The number of aryl methyl sites for hydroxylation is 1. The van der Waals surface area contributed by atoms with Gasteiger partial charge >= 0.3 is 0 Å². The Morgan fingerprint density at radius 2 is 2.13 bits per heavy atom. The van der Waals surface area contributed by atoms with Gasteiger partial charge in [0.1, 0.15) is 0 Å². The quantitative estimate of drug-likeness (QED) is 0.765. The monoisotopic (exact) mass is 328 g/mol. The summed E-state index contributed by atoms with van der Waals surface area (Å²) in [5.41, 5.74) is 3.33. The van der Waals surface area contributed by atoms with Crippen LogP contribution in [0.4, 0.5) is 0 Å². The molecule has 0 fully saturated rings.